The van der Waals surface area contributed by atoms with Gasteiger partial charge >= 0.3 is 0 Å². The Kier molecular flexibility index (Phi) is 3.23. The molecule has 1 N–H and O–H groups in total. The van der Waals surface area contributed by atoms with Gasteiger partial charge < -0.3 is 4.98 Å². The van der Waals surface area contributed by atoms with Gasteiger partial charge in [-0.2, -0.15) is 0 Å². The summed E-state index contributed by atoms with van der Waals surface area (Å²) in [6.45, 7) is 6.04. The number of carbonyl (C=O) groups excluding carboxylic acids is 2. The van der Waals surface area contributed by atoms with E-state index in [9.17, 15) is 9.59 Å². The minimum atomic E-state index is -0.580. The number of fused-ring (bicyclic) bond motifs is 1. The number of aromatic nitrogens is 1. The highest BCUT2D eigenvalue weighted by Crippen LogP contribution is 2.41. The number of para-hydroxylation sites is 1. The Labute approximate surface area is 124 Å². The summed E-state index contributed by atoms with van der Waals surface area (Å²) >= 11 is 0. The van der Waals surface area contributed by atoms with Crippen LogP contribution >= 0.6 is 0 Å². The highest BCUT2D eigenvalue weighted by molar-refractivity contribution is 6.12. The van der Waals surface area contributed by atoms with Crippen molar-refractivity contribution in [2.75, 3.05) is 0 Å². The largest absolute Gasteiger partial charge is 0.358 e. The molecule has 0 spiro atoms. The molecule has 3 heteroatoms. The first kappa shape index (κ1) is 14.1. The average molecular weight is 283 g/mol. The van der Waals surface area contributed by atoms with Crippen LogP contribution in [-0.2, 0) is 16.0 Å². The molecule has 3 nitrogen and oxygen atoms in total. The molecule has 1 aliphatic carbocycles. The van der Waals surface area contributed by atoms with Gasteiger partial charge in [0.15, 0.2) is 0 Å². The second-order valence-electron chi connectivity index (χ2n) is 6.80. The third kappa shape index (κ3) is 2.31. The van der Waals surface area contributed by atoms with Gasteiger partial charge in [-0.25, -0.2) is 0 Å². The van der Waals surface area contributed by atoms with Crippen molar-refractivity contribution in [3.8, 4) is 0 Å². The molecule has 21 heavy (non-hydrogen) atoms. The molecule has 0 saturated heterocycles. The van der Waals surface area contributed by atoms with Gasteiger partial charge in [0.1, 0.15) is 17.5 Å². The normalized spacial score (nSPS) is 19.4. The molecular formula is C18H21NO2. The zero-order valence-electron chi connectivity index (χ0n) is 12.8. The fourth-order valence-corrected chi connectivity index (χ4v) is 3.54. The fourth-order valence-electron chi connectivity index (χ4n) is 3.54. The summed E-state index contributed by atoms with van der Waals surface area (Å²) in [5.74, 6) is -0.449. The van der Waals surface area contributed by atoms with Gasteiger partial charge in [0.2, 0.25) is 0 Å². The van der Waals surface area contributed by atoms with Crippen LogP contribution in [0.1, 0.15) is 50.8 Å². The lowest BCUT2D eigenvalue weighted by atomic mass is 9.69. The first-order chi connectivity index (χ1) is 9.93. The molecule has 1 aromatic heterocycles. The SMILES string of the molecule is CCc1[nH]c2ccccc2c1C1C(=O)CC(C)(C)CC1=O. The molecule has 0 atom stereocenters. The van der Waals surface area contributed by atoms with Gasteiger partial charge in [0, 0.05) is 29.4 Å². The number of aromatic amines is 1. The first-order valence-electron chi connectivity index (χ1n) is 7.58. The summed E-state index contributed by atoms with van der Waals surface area (Å²) in [7, 11) is 0. The van der Waals surface area contributed by atoms with Gasteiger partial charge in [0.05, 0.1) is 0 Å². The van der Waals surface area contributed by atoms with Gasteiger partial charge in [-0.1, -0.05) is 39.0 Å². The number of benzene rings is 1. The number of hydrogen-bond donors (Lipinski definition) is 1. The zero-order valence-corrected chi connectivity index (χ0v) is 12.8. The van der Waals surface area contributed by atoms with E-state index in [1.54, 1.807) is 0 Å². The highest BCUT2D eigenvalue weighted by atomic mass is 16.2. The van der Waals surface area contributed by atoms with Crippen LogP contribution in [0.15, 0.2) is 24.3 Å². The number of rotatable bonds is 2. The van der Waals surface area contributed by atoms with Crippen LogP contribution in [0.4, 0.5) is 0 Å². The second-order valence-corrected chi connectivity index (χ2v) is 6.80. The van der Waals surface area contributed by atoms with Gasteiger partial charge in [-0.15, -0.1) is 0 Å². The maximum atomic E-state index is 12.6. The second kappa shape index (κ2) is 4.83. The van der Waals surface area contributed by atoms with Crippen LogP contribution in [-0.4, -0.2) is 16.6 Å². The van der Waals surface area contributed by atoms with Crippen molar-refractivity contribution in [2.24, 2.45) is 5.41 Å². The standard InChI is InChI=1S/C18H21NO2/c1-4-12-16(11-7-5-6-8-13(11)19-12)17-14(20)9-18(2,3)10-15(17)21/h5-8,17,19H,4,9-10H2,1-3H3. The lowest BCUT2D eigenvalue weighted by Crippen LogP contribution is -2.36. The predicted octanol–water partition coefficient (Wildman–Crippen LogP) is 3.77. The van der Waals surface area contributed by atoms with E-state index in [1.807, 2.05) is 38.1 Å². The number of carbonyl (C=O) groups is 2. The van der Waals surface area contributed by atoms with Gasteiger partial charge in [-0.3, -0.25) is 9.59 Å². The van der Waals surface area contributed by atoms with Crippen LogP contribution < -0.4 is 0 Å². The lowest BCUT2D eigenvalue weighted by molar-refractivity contribution is -0.135. The van der Waals surface area contributed by atoms with E-state index in [0.717, 1.165) is 28.6 Å². The molecule has 3 rings (SSSR count). The van der Waals surface area contributed by atoms with E-state index in [2.05, 4.69) is 11.9 Å². The van der Waals surface area contributed by atoms with Crippen LogP contribution in [0.5, 0.6) is 0 Å². The summed E-state index contributed by atoms with van der Waals surface area (Å²) in [6, 6.07) is 7.93. The number of Topliss-reactive ketones (excluding diaryl/α,β-unsaturated/α-hetero) is 2. The number of aryl methyl sites for hydroxylation is 1. The van der Waals surface area contributed by atoms with Crippen LogP contribution in [0, 0.1) is 5.41 Å². The van der Waals surface area contributed by atoms with Gasteiger partial charge in [-0.05, 0) is 23.5 Å². The van der Waals surface area contributed by atoms with E-state index in [1.165, 1.54) is 0 Å². The van der Waals surface area contributed by atoms with Gasteiger partial charge in [0.25, 0.3) is 0 Å². The molecule has 1 saturated carbocycles. The molecule has 1 fully saturated rings. The summed E-state index contributed by atoms with van der Waals surface area (Å²) < 4.78 is 0. The lowest BCUT2D eigenvalue weighted by Gasteiger charge is -2.32. The zero-order chi connectivity index (χ0) is 15.2. The van der Waals surface area contributed by atoms with E-state index in [4.69, 9.17) is 0 Å². The van der Waals surface area contributed by atoms with E-state index < -0.39 is 5.92 Å². The molecule has 0 amide bonds. The topological polar surface area (TPSA) is 49.9 Å². The third-order valence-electron chi connectivity index (χ3n) is 4.42. The summed E-state index contributed by atoms with van der Waals surface area (Å²) in [4.78, 5) is 28.6. The maximum Gasteiger partial charge on any atom is 0.148 e. The van der Waals surface area contributed by atoms with Crippen LogP contribution in [0.3, 0.4) is 0 Å². The van der Waals surface area contributed by atoms with E-state index in [0.29, 0.717) is 12.8 Å². The number of H-pyrrole nitrogens is 1. The highest BCUT2D eigenvalue weighted by Gasteiger charge is 2.42. The van der Waals surface area contributed by atoms with Crippen molar-refractivity contribution in [1.29, 1.82) is 0 Å². The summed E-state index contributed by atoms with van der Waals surface area (Å²) in [6.07, 6.45) is 1.75. The molecule has 1 heterocycles. The van der Waals surface area contributed by atoms with Crippen LogP contribution in [0.2, 0.25) is 0 Å². The molecule has 110 valence electrons. The summed E-state index contributed by atoms with van der Waals surface area (Å²) in [5, 5.41) is 1.01. The third-order valence-corrected chi connectivity index (χ3v) is 4.42. The van der Waals surface area contributed by atoms with E-state index >= 15 is 0 Å². The number of ketones is 2. The van der Waals surface area contributed by atoms with E-state index in [-0.39, 0.29) is 17.0 Å². The molecule has 2 aromatic rings. The number of hydrogen-bond acceptors (Lipinski definition) is 2. The Morgan fingerprint density at radius 3 is 2.38 bits per heavy atom. The first-order valence-corrected chi connectivity index (χ1v) is 7.58. The smallest absolute Gasteiger partial charge is 0.148 e. The Morgan fingerprint density at radius 1 is 1.14 bits per heavy atom. The molecule has 0 bridgehead atoms. The summed E-state index contributed by atoms with van der Waals surface area (Å²) in [5.41, 5.74) is 2.74. The molecule has 0 aliphatic heterocycles. The van der Waals surface area contributed by atoms with Crippen molar-refractivity contribution in [3.63, 3.8) is 0 Å². The Morgan fingerprint density at radius 2 is 1.76 bits per heavy atom. The molecule has 1 aliphatic rings. The molecule has 0 radical (unpaired) electrons. The Balaban J connectivity index is 2.16. The Bertz CT molecular complexity index is 704. The minimum Gasteiger partial charge on any atom is -0.358 e. The molecule has 1 aromatic carbocycles. The monoisotopic (exact) mass is 283 g/mol. The average Bonchev–Trinajstić information content (AvgIpc) is 2.75. The molecular weight excluding hydrogens is 262 g/mol. The van der Waals surface area contributed by atoms with Crippen molar-refractivity contribution < 1.29 is 9.59 Å². The number of nitrogens with one attached hydrogen (secondary N) is 1. The minimum absolute atomic E-state index is 0.0655. The predicted molar refractivity (Wildman–Crippen MR) is 83.4 cm³/mol. The molecule has 0 unspecified atom stereocenters. The van der Waals surface area contributed by atoms with Crippen LogP contribution in [0.25, 0.3) is 10.9 Å². The van der Waals surface area contributed by atoms with Crippen molar-refractivity contribution in [2.45, 2.75) is 46.0 Å². The maximum absolute atomic E-state index is 12.6. The fraction of sp³-hybridized carbons (Fsp3) is 0.444. The van der Waals surface area contributed by atoms with Crippen molar-refractivity contribution in [1.82, 2.24) is 4.98 Å². The van der Waals surface area contributed by atoms with Crippen molar-refractivity contribution in [3.05, 3.63) is 35.5 Å². The Hall–Kier alpha value is -1.90. The quantitative estimate of drug-likeness (QED) is 0.853. The van der Waals surface area contributed by atoms with Crippen molar-refractivity contribution >= 4 is 22.5 Å².